The largest absolute Gasteiger partial charge is 0.387 e. The summed E-state index contributed by atoms with van der Waals surface area (Å²) in [6, 6.07) is 0. The van der Waals surface area contributed by atoms with Crippen LogP contribution in [0, 0.1) is 18.3 Å². The first-order valence-electron chi connectivity index (χ1n) is 5.51. The second kappa shape index (κ2) is 5.65. The summed E-state index contributed by atoms with van der Waals surface area (Å²) in [5.41, 5.74) is 5.44. The van der Waals surface area contributed by atoms with Crippen LogP contribution < -0.4 is 5.73 Å². The molecule has 0 aliphatic carbocycles. The summed E-state index contributed by atoms with van der Waals surface area (Å²) >= 11 is 0. The van der Waals surface area contributed by atoms with E-state index >= 15 is 0 Å². The molecular formula is C11H21N5. The molecule has 0 aliphatic rings. The van der Waals surface area contributed by atoms with Gasteiger partial charge in [-0.15, -0.1) is 0 Å². The van der Waals surface area contributed by atoms with Gasteiger partial charge in [0.15, 0.2) is 0 Å². The Labute approximate surface area is 96.8 Å². The fourth-order valence-electron chi connectivity index (χ4n) is 1.58. The van der Waals surface area contributed by atoms with Crippen LogP contribution in [0.15, 0.2) is 12.4 Å². The summed E-state index contributed by atoms with van der Waals surface area (Å²) in [5, 5.41) is 7.34. The third-order valence-electron chi connectivity index (χ3n) is 2.76. The van der Waals surface area contributed by atoms with Gasteiger partial charge in [-0.3, -0.25) is 5.41 Å². The Kier molecular flexibility index (Phi) is 4.49. The maximum Gasteiger partial charge on any atom is 0.105 e. The molecule has 1 rings (SSSR count). The fraction of sp³-hybridized carbons (Fsp3) is 0.636. The van der Waals surface area contributed by atoms with Gasteiger partial charge in [-0.05, 0) is 14.0 Å². The number of rotatable bonds is 6. The lowest BCUT2D eigenvalue weighted by Gasteiger charge is -2.20. The quantitative estimate of drug-likeness (QED) is 0.551. The number of aromatic nitrogens is 2. The monoisotopic (exact) mass is 223 g/mol. The third-order valence-corrected chi connectivity index (χ3v) is 2.76. The van der Waals surface area contributed by atoms with Crippen molar-refractivity contribution in [2.24, 2.45) is 11.7 Å². The van der Waals surface area contributed by atoms with Crippen LogP contribution in [0.5, 0.6) is 0 Å². The van der Waals surface area contributed by atoms with Gasteiger partial charge in [0.2, 0.25) is 0 Å². The molecule has 0 amide bonds. The van der Waals surface area contributed by atoms with Crippen LogP contribution in [0.25, 0.3) is 0 Å². The van der Waals surface area contributed by atoms with Gasteiger partial charge in [0.05, 0.1) is 5.84 Å². The topological polar surface area (TPSA) is 70.9 Å². The summed E-state index contributed by atoms with van der Waals surface area (Å²) < 4.78 is 2.12. The lowest BCUT2D eigenvalue weighted by atomic mass is 10.1. The van der Waals surface area contributed by atoms with Crippen molar-refractivity contribution in [2.45, 2.75) is 20.4 Å². The molecule has 5 heteroatoms. The summed E-state index contributed by atoms with van der Waals surface area (Å²) in [5.74, 6) is 1.41. The second-order valence-electron chi connectivity index (χ2n) is 4.29. The van der Waals surface area contributed by atoms with E-state index in [2.05, 4.69) is 14.5 Å². The Morgan fingerprint density at radius 2 is 2.38 bits per heavy atom. The van der Waals surface area contributed by atoms with Crippen molar-refractivity contribution >= 4 is 5.84 Å². The van der Waals surface area contributed by atoms with Crippen LogP contribution in [0.2, 0.25) is 0 Å². The fourth-order valence-corrected chi connectivity index (χ4v) is 1.58. The van der Waals surface area contributed by atoms with Crippen LogP contribution in [0.3, 0.4) is 0 Å². The predicted octanol–water partition coefficient (Wildman–Crippen LogP) is 0.695. The zero-order valence-corrected chi connectivity index (χ0v) is 10.3. The number of hydrogen-bond acceptors (Lipinski definition) is 3. The number of nitrogens with two attached hydrogens (primary N) is 1. The van der Waals surface area contributed by atoms with E-state index in [1.807, 2.05) is 33.3 Å². The van der Waals surface area contributed by atoms with Gasteiger partial charge in [0.1, 0.15) is 5.82 Å². The van der Waals surface area contributed by atoms with Crippen molar-refractivity contribution in [1.29, 1.82) is 5.41 Å². The average molecular weight is 223 g/mol. The number of aryl methyl sites for hydroxylation is 1. The highest BCUT2D eigenvalue weighted by Crippen LogP contribution is 1.99. The Hall–Kier alpha value is -1.36. The molecule has 1 aromatic heterocycles. The molecule has 16 heavy (non-hydrogen) atoms. The standard InChI is InChI=1S/C11H21N5/c1-9(11(12)13)8-15(3)6-7-16-5-4-14-10(16)2/h4-5,9H,6-8H2,1-3H3,(H3,12,13). The molecule has 5 nitrogen and oxygen atoms in total. The molecule has 0 saturated heterocycles. The average Bonchev–Trinajstić information content (AvgIpc) is 2.61. The Morgan fingerprint density at radius 3 is 2.88 bits per heavy atom. The normalized spacial score (nSPS) is 13.0. The number of likely N-dealkylation sites (N-methyl/N-ethyl adjacent to an activating group) is 1. The van der Waals surface area contributed by atoms with Crippen molar-refractivity contribution < 1.29 is 0 Å². The molecule has 0 spiro atoms. The number of nitrogens with zero attached hydrogens (tertiary/aromatic N) is 3. The van der Waals surface area contributed by atoms with Crippen molar-refractivity contribution in [1.82, 2.24) is 14.5 Å². The molecule has 0 saturated carbocycles. The van der Waals surface area contributed by atoms with Crippen LogP contribution in [-0.4, -0.2) is 40.4 Å². The zero-order valence-electron chi connectivity index (χ0n) is 10.3. The highest BCUT2D eigenvalue weighted by Gasteiger charge is 2.08. The van der Waals surface area contributed by atoms with Crippen molar-refractivity contribution in [2.75, 3.05) is 20.1 Å². The molecule has 90 valence electrons. The molecule has 0 aromatic carbocycles. The van der Waals surface area contributed by atoms with Gasteiger partial charge < -0.3 is 15.2 Å². The lowest BCUT2D eigenvalue weighted by molar-refractivity contribution is 0.299. The zero-order chi connectivity index (χ0) is 12.1. The van der Waals surface area contributed by atoms with E-state index in [1.165, 1.54) is 0 Å². The molecular weight excluding hydrogens is 202 g/mol. The smallest absolute Gasteiger partial charge is 0.105 e. The van der Waals surface area contributed by atoms with Gasteiger partial charge >= 0.3 is 0 Å². The third kappa shape index (κ3) is 3.66. The summed E-state index contributed by atoms with van der Waals surface area (Å²) in [7, 11) is 2.05. The molecule has 0 aliphatic heterocycles. The van der Waals surface area contributed by atoms with Gasteiger partial charge in [-0.2, -0.15) is 0 Å². The second-order valence-corrected chi connectivity index (χ2v) is 4.29. The molecule has 1 aromatic rings. The number of nitrogens with one attached hydrogen (secondary N) is 1. The predicted molar refractivity (Wildman–Crippen MR) is 65.5 cm³/mol. The SMILES string of the molecule is Cc1nccn1CCN(C)CC(C)C(=N)N. The Bertz CT molecular complexity index is 344. The maximum absolute atomic E-state index is 7.34. The molecule has 1 unspecified atom stereocenters. The summed E-state index contributed by atoms with van der Waals surface area (Å²) in [6.45, 7) is 6.66. The molecule has 0 fully saturated rings. The first kappa shape index (κ1) is 12.7. The molecule has 1 heterocycles. The van der Waals surface area contributed by atoms with E-state index in [-0.39, 0.29) is 11.8 Å². The number of imidazole rings is 1. The van der Waals surface area contributed by atoms with E-state index in [1.54, 1.807) is 0 Å². The van der Waals surface area contributed by atoms with E-state index in [4.69, 9.17) is 11.1 Å². The minimum atomic E-state index is 0.119. The Balaban J connectivity index is 2.33. The van der Waals surface area contributed by atoms with Crippen molar-refractivity contribution in [3.8, 4) is 0 Å². The minimum absolute atomic E-state index is 0.119. The first-order chi connectivity index (χ1) is 7.50. The van der Waals surface area contributed by atoms with Gasteiger partial charge in [0.25, 0.3) is 0 Å². The van der Waals surface area contributed by atoms with Gasteiger partial charge in [0, 0.05) is 37.9 Å². The minimum Gasteiger partial charge on any atom is -0.387 e. The first-order valence-corrected chi connectivity index (χ1v) is 5.51. The molecule has 0 bridgehead atoms. The highest BCUT2D eigenvalue weighted by molar-refractivity contribution is 5.79. The lowest BCUT2D eigenvalue weighted by Crippen LogP contribution is -2.33. The van der Waals surface area contributed by atoms with Crippen LogP contribution in [-0.2, 0) is 6.54 Å². The molecule has 1 atom stereocenters. The Morgan fingerprint density at radius 1 is 1.69 bits per heavy atom. The highest BCUT2D eigenvalue weighted by atomic mass is 15.1. The number of amidine groups is 1. The van der Waals surface area contributed by atoms with Gasteiger partial charge in [-0.1, -0.05) is 6.92 Å². The van der Waals surface area contributed by atoms with Crippen LogP contribution in [0.4, 0.5) is 0 Å². The van der Waals surface area contributed by atoms with Crippen molar-refractivity contribution in [3.05, 3.63) is 18.2 Å². The summed E-state index contributed by atoms with van der Waals surface area (Å²) in [4.78, 5) is 6.36. The van der Waals surface area contributed by atoms with Crippen LogP contribution in [0.1, 0.15) is 12.7 Å². The van der Waals surface area contributed by atoms with E-state index < -0.39 is 0 Å². The maximum atomic E-state index is 7.34. The van der Waals surface area contributed by atoms with E-state index in [0.717, 1.165) is 25.5 Å². The van der Waals surface area contributed by atoms with Gasteiger partial charge in [-0.25, -0.2) is 4.98 Å². The molecule has 3 N–H and O–H groups in total. The van der Waals surface area contributed by atoms with E-state index in [9.17, 15) is 0 Å². The summed E-state index contributed by atoms with van der Waals surface area (Å²) in [6.07, 6.45) is 3.80. The number of hydrogen-bond donors (Lipinski definition) is 2. The van der Waals surface area contributed by atoms with Crippen molar-refractivity contribution in [3.63, 3.8) is 0 Å². The van der Waals surface area contributed by atoms with E-state index in [0.29, 0.717) is 0 Å². The van der Waals surface area contributed by atoms with Crippen LogP contribution >= 0.6 is 0 Å². The molecule has 0 radical (unpaired) electrons.